The second kappa shape index (κ2) is 7.24. The largest absolute Gasteiger partial charge is 0.381 e. The number of ether oxygens (including phenoxy) is 2. The third-order valence-electron chi connectivity index (χ3n) is 3.19. The molecule has 0 aromatic carbocycles. The molecular formula is C13H26O2. The topological polar surface area (TPSA) is 18.5 Å². The maximum Gasteiger partial charge on any atom is 0.0519 e. The van der Waals surface area contributed by atoms with Crippen LogP contribution < -0.4 is 0 Å². The quantitative estimate of drug-likeness (QED) is 0.675. The minimum absolute atomic E-state index is 0.381. The Morgan fingerprint density at radius 3 is 2.00 bits per heavy atom. The van der Waals surface area contributed by atoms with Gasteiger partial charge >= 0.3 is 0 Å². The van der Waals surface area contributed by atoms with Crippen LogP contribution in [0.1, 0.15) is 46.5 Å². The van der Waals surface area contributed by atoms with Crippen LogP contribution in [0, 0.1) is 11.8 Å². The molecule has 0 unspecified atom stereocenters. The summed E-state index contributed by atoms with van der Waals surface area (Å²) < 4.78 is 11.1. The minimum Gasteiger partial charge on any atom is -0.381 e. The summed E-state index contributed by atoms with van der Waals surface area (Å²) in [5.74, 6) is 1.60. The molecule has 1 saturated carbocycles. The number of hydrogen-bond acceptors (Lipinski definition) is 2. The van der Waals surface area contributed by atoms with E-state index in [1.807, 2.05) is 0 Å². The van der Waals surface area contributed by atoms with E-state index in [1.54, 1.807) is 0 Å². The molecular weight excluding hydrogens is 188 g/mol. The van der Waals surface area contributed by atoms with Gasteiger partial charge in [0.05, 0.1) is 6.10 Å². The third-order valence-corrected chi connectivity index (χ3v) is 3.19. The van der Waals surface area contributed by atoms with Gasteiger partial charge in [0.2, 0.25) is 0 Å². The summed E-state index contributed by atoms with van der Waals surface area (Å²) >= 11 is 0. The fourth-order valence-corrected chi connectivity index (χ4v) is 2.18. The smallest absolute Gasteiger partial charge is 0.0519 e. The van der Waals surface area contributed by atoms with E-state index in [-0.39, 0.29) is 0 Å². The van der Waals surface area contributed by atoms with E-state index in [1.165, 1.54) is 25.7 Å². The average molecular weight is 214 g/mol. The molecule has 0 saturated heterocycles. The van der Waals surface area contributed by atoms with E-state index >= 15 is 0 Å². The molecule has 0 aliphatic heterocycles. The first-order valence-corrected chi connectivity index (χ1v) is 6.41. The lowest BCUT2D eigenvalue weighted by atomic mass is 9.83. The highest BCUT2D eigenvalue weighted by Crippen LogP contribution is 2.29. The monoisotopic (exact) mass is 214 g/mol. The van der Waals surface area contributed by atoms with Crippen molar-refractivity contribution in [2.45, 2.75) is 52.6 Å². The van der Waals surface area contributed by atoms with E-state index in [0.29, 0.717) is 6.10 Å². The summed E-state index contributed by atoms with van der Waals surface area (Å²) in [7, 11) is 0. The first-order valence-electron chi connectivity index (χ1n) is 6.41. The fourth-order valence-electron chi connectivity index (χ4n) is 2.18. The number of rotatable bonds is 6. The van der Waals surface area contributed by atoms with Crippen LogP contribution >= 0.6 is 0 Å². The van der Waals surface area contributed by atoms with Crippen LogP contribution in [0.4, 0.5) is 0 Å². The van der Waals surface area contributed by atoms with Crippen LogP contribution in [-0.4, -0.2) is 25.9 Å². The fraction of sp³-hybridized carbons (Fsp3) is 1.00. The van der Waals surface area contributed by atoms with Crippen LogP contribution in [-0.2, 0) is 9.47 Å². The number of hydrogen-bond donors (Lipinski definition) is 0. The van der Waals surface area contributed by atoms with Crippen LogP contribution in [0.15, 0.2) is 0 Å². The van der Waals surface area contributed by atoms with Crippen LogP contribution in [0.5, 0.6) is 0 Å². The molecule has 2 heteroatoms. The van der Waals surface area contributed by atoms with Gasteiger partial charge in [-0.15, -0.1) is 0 Å². The molecule has 0 radical (unpaired) electrons. The molecule has 0 spiro atoms. The second-order valence-electron chi connectivity index (χ2n) is 4.93. The van der Waals surface area contributed by atoms with E-state index in [2.05, 4.69) is 20.8 Å². The van der Waals surface area contributed by atoms with Gasteiger partial charge in [0.15, 0.2) is 0 Å². The van der Waals surface area contributed by atoms with E-state index in [9.17, 15) is 0 Å². The minimum atomic E-state index is 0.381. The SMILES string of the molecule is CCOC[C@H]1CC[C@H](COC(C)C)CC1. The van der Waals surface area contributed by atoms with Crippen molar-refractivity contribution in [3.8, 4) is 0 Å². The van der Waals surface area contributed by atoms with Crippen LogP contribution in [0.3, 0.4) is 0 Å². The molecule has 1 rings (SSSR count). The van der Waals surface area contributed by atoms with Crippen molar-refractivity contribution in [2.24, 2.45) is 11.8 Å². The zero-order valence-electron chi connectivity index (χ0n) is 10.5. The van der Waals surface area contributed by atoms with Gasteiger partial charge in [-0.25, -0.2) is 0 Å². The Morgan fingerprint density at radius 1 is 1.00 bits per heavy atom. The normalized spacial score (nSPS) is 27.2. The Kier molecular flexibility index (Phi) is 6.26. The third kappa shape index (κ3) is 5.53. The average Bonchev–Trinajstić information content (AvgIpc) is 2.25. The lowest BCUT2D eigenvalue weighted by Crippen LogP contribution is -2.22. The molecule has 0 bridgehead atoms. The van der Waals surface area contributed by atoms with Gasteiger partial charge < -0.3 is 9.47 Å². The zero-order chi connectivity index (χ0) is 11.1. The highest BCUT2D eigenvalue weighted by atomic mass is 16.5. The lowest BCUT2D eigenvalue weighted by molar-refractivity contribution is 0.0263. The van der Waals surface area contributed by atoms with Gasteiger partial charge in [-0.05, 0) is 58.3 Å². The Labute approximate surface area is 94.3 Å². The maximum atomic E-state index is 5.67. The van der Waals surface area contributed by atoms with E-state index < -0.39 is 0 Å². The van der Waals surface area contributed by atoms with Gasteiger partial charge in [0.25, 0.3) is 0 Å². The van der Waals surface area contributed by atoms with Gasteiger partial charge in [0, 0.05) is 19.8 Å². The molecule has 15 heavy (non-hydrogen) atoms. The summed E-state index contributed by atoms with van der Waals surface area (Å²) in [5.41, 5.74) is 0. The predicted molar refractivity (Wildman–Crippen MR) is 63.0 cm³/mol. The summed E-state index contributed by atoms with van der Waals surface area (Å²) in [6.45, 7) is 9.08. The summed E-state index contributed by atoms with van der Waals surface area (Å²) in [4.78, 5) is 0. The summed E-state index contributed by atoms with van der Waals surface area (Å²) in [6, 6.07) is 0. The van der Waals surface area contributed by atoms with Crippen molar-refractivity contribution < 1.29 is 9.47 Å². The second-order valence-corrected chi connectivity index (χ2v) is 4.93. The molecule has 90 valence electrons. The van der Waals surface area contributed by atoms with Crippen molar-refractivity contribution in [1.82, 2.24) is 0 Å². The molecule has 0 heterocycles. The molecule has 0 N–H and O–H groups in total. The van der Waals surface area contributed by atoms with Gasteiger partial charge in [-0.3, -0.25) is 0 Å². The van der Waals surface area contributed by atoms with Gasteiger partial charge in [-0.1, -0.05) is 0 Å². The van der Waals surface area contributed by atoms with Crippen molar-refractivity contribution in [3.63, 3.8) is 0 Å². The van der Waals surface area contributed by atoms with E-state index in [4.69, 9.17) is 9.47 Å². The summed E-state index contributed by atoms with van der Waals surface area (Å²) in [5, 5.41) is 0. The molecule has 1 fully saturated rings. The van der Waals surface area contributed by atoms with Crippen LogP contribution in [0.25, 0.3) is 0 Å². The molecule has 1 aliphatic carbocycles. The van der Waals surface area contributed by atoms with Crippen molar-refractivity contribution >= 4 is 0 Å². The van der Waals surface area contributed by atoms with Crippen molar-refractivity contribution in [1.29, 1.82) is 0 Å². The zero-order valence-corrected chi connectivity index (χ0v) is 10.5. The maximum absolute atomic E-state index is 5.67. The molecule has 0 amide bonds. The Balaban J connectivity index is 2.07. The standard InChI is InChI=1S/C13H26O2/c1-4-14-9-12-5-7-13(8-6-12)10-15-11(2)3/h11-13H,4-10H2,1-3H3/t12-,13-. The van der Waals surface area contributed by atoms with Crippen molar-refractivity contribution in [3.05, 3.63) is 0 Å². The highest BCUT2D eigenvalue weighted by molar-refractivity contribution is 4.72. The molecule has 0 atom stereocenters. The predicted octanol–water partition coefficient (Wildman–Crippen LogP) is 3.25. The highest BCUT2D eigenvalue weighted by Gasteiger charge is 2.21. The van der Waals surface area contributed by atoms with Crippen molar-refractivity contribution in [2.75, 3.05) is 19.8 Å². The van der Waals surface area contributed by atoms with Gasteiger partial charge in [0.1, 0.15) is 0 Å². The first kappa shape index (κ1) is 13.0. The lowest BCUT2D eigenvalue weighted by Gasteiger charge is -2.28. The molecule has 0 aromatic rings. The van der Waals surface area contributed by atoms with Gasteiger partial charge in [-0.2, -0.15) is 0 Å². The van der Waals surface area contributed by atoms with E-state index in [0.717, 1.165) is 31.7 Å². The molecule has 1 aliphatic rings. The Morgan fingerprint density at radius 2 is 1.53 bits per heavy atom. The molecule has 2 nitrogen and oxygen atoms in total. The Hall–Kier alpha value is -0.0800. The Bertz CT molecular complexity index is 149. The first-order chi connectivity index (χ1) is 7.22. The van der Waals surface area contributed by atoms with Crippen LogP contribution in [0.2, 0.25) is 0 Å². The summed E-state index contributed by atoms with van der Waals surface area (Å²) in [6.07, 6.45) is 5.68. The molecule has 0 aromatic heterocycles.